The molecule has 1 heterocycles. The Morgan fingerprint density at radius 2 is 1.94 bits per heavy atom. The third-order valence-corrected chi connectivity index (χ3v) is 3.13. The molecule has 0 aliphatic heterocycles. The van der Waals surface area contributed by atoms with Crippen LogP contribution in [-0.4, -0.2) is 11.7 Å². The Bertz CT molecular complexity index is 451. The highest BCUT2D eigenvalue weighted by molar-refractivity contribution is 7.07. The van der Waals surface area contributed by atoms with Gasteiger partial charge in [-0.1, -0.05) is 24.3 Å². The summed E-state index contributed by atoms with van der Waals surface area (Å²) < 4.78 is 0. The van der Waals surface area contributed by atoms with Gasteiger partial charge in [0.2, 0.25) is 0 Å². The molecule has 2 rings (SSSR count). The van der Waals surface area contributed by atoms with E-state index in [2.05, 4.69) is 46.5 Å². The Hall–Kier alpha value is -1.68. The zero-order valence-electron chi connectivity index (χ0n) is 9.50. The van der Waals surface area contributed by atoms with E-state index in [1.807, 2.05) is 5.51 Å². The highest BCUT2D eigenvalue weighted by Gasteiger charge is 1.98. The molecule has 17 heavy (non-hydrogen) atoms. The van der Waals surface area contributed by atoms with Gasteiger partial charge in [0.15, 0.2) is 0 Å². The zero-order valence-corrected chi connectivity index (χ0v) is 10.3. The molecule has 0 radical (unpaired) electrons. The number of hydrogen-bond donors (Lipinski definition) is 0. The normalized spacial score (nSPS) is 10.1. The summed E-state index contributed by atoms with van der Waals surface area (Å²) in [6, 6.07) is 8.35. The molecule has 88 valence electrons. The van der Waals surface area contributed by atoms with Gasteiger partial charge in [0.25, 0.3) is 0 Å². The van der Waals surface area contributed by atoms with E-state index in [1.165, 1.54) is 11.3 Å². The van der Waals surface area contributed by atoms with Crippen molar-refractivity contribution in [1.82, 2.24) is 4.98 Å². The molecule has 0 aliphatic rings. The molecule has 0 atom stereocenters. The number of aromatic nitrogens is 1. The summed E-state index contributed by atoms with van der Waals surface area (Å²) in [7, 11) is 0. The van der Waals surface area contributed by atoms with Gasteiger partial charge in [-0.25, -0.2) is 4.98 Å². The highest BCUT2D eigenvalue weighted by Crippen LogP contribution is 2.10. The van der Waals surface area contributed by atoms with Gasteiger partial charge < -0.3 is 4.84 Å². The fraction of sp³-hybridized carbons (Fsp3) is 0.231. The van der Waals surface area contributed by atoms with Crippen LogP contribution in [0.3, 0.4) is 0 Å². The summed E-state index contributed by atoms with van der Waals surface area (Å²) in [5, 5.41) is 5.46. The van der Waals surface area contributed by atoms with Gasteiger partial charge in [-0.15, -0.1) is 16.5 Å². The molecule has 0 spiro atoms. The molecule has 0 amide bonds. The van der Waals surface area contributed by atoms with Crippen molar-refractivity contribution in [1.29, 1.82) is 0 Å². The van der Waals surface area contributed by atoms with Gasteiger partial charge in [0, 0.05) is 12.1 Å². The summed E-state index contributed by atoms with van der Waals surface area (Å²) in [5.41, 5.74) is 5.46. The molecule has 2 aromatic rings. The smallest absolute Gasteiger partial charge is 0.142 e. The van der Waals surface area contributed by atoms with Gasteiger partial charge >= 0.3 is 0 Å². The molecular weight excluding hydrogens is 232 g/mol. The Morgan fingerprint density at radius 3 is 2.59 bits per heavy atom. The molecule has 3 nitrogen and oxygen atoms in total. The Labute approximate surface area is 105 Å². The Balaban J connectivity index is 1.87. The van der Waals surface area contributed by atoms with Crippen molar-refractivity contribution in [3.05, 3.63) is 52.0 Å². The summed E-state index contributed by atoms with van der Waals surface area (Å²) >= 11 is 1.64. The van der Waals surface area contributed by atoms with Gasteiger partial charge in [-0.2, -0.15) is 0 Å². The van der Waals surface area contributed by atoms with Crippen molar-refractivity contribution in [2.75, 3.05) is 0 Å². The van der Waals surface area contributed by atoms with E-state index in [4.69, 9.17) is 4.84 Å². The van der Waals surface area contributed by atoms with Crippen LogP contribution in [0.4, 0.5) is 0 Å². The van der Waals surface area contributed by atoms with E-state index in [1.54, 1.807) is 11.3 Å². The van der Waals surface area contributed by atoms with Gasteiger partial charge in [-0.05, 0) is 24.0 Å². The predicted molar refractivity (Wildman–Crippen MR) is 70.3 cm³/mol. The molecule has 0 fully saturated rings. The SMILES string of the molecule is C=NOCc1ccc(CCc2cscn2)cc1. The summed E-state index contributed by atoms with van der Waals surface area (Å²) in [6.07, 6.45) is 2.01. The van der Waals surface area contributed by atoms with Crippen molar-refractivity contribution < 1.29 is 4.84 Å². The topological polar surface area (TPSA) is 34.5 Å². The predicted octanol–water partition coefficient (Wildman–Crippen LogP) is 3.06. The van der Waals surface area contributed by atoms with Crippen LogP contribution in [0.2, 0.25) is 0 Å². The third kappa shape index (κ3) is 3.67. The second kappa shape index (κ2) is 6.15. The maximum absolute atomic E-state index is 4.88. The molecule has 1 aromatic carbocycles. The quantitative estimate of drug-likeness (QED) is 0.580. The summed E-state index contributed by atoms with van der Waals surface area (Å²) in [5.74, 6) is 0. The number of thiazole rings is 1. The second-order valence-electron chi connectivity index (χ2n) is 3.70. The number of aryl methyl sites for hydroxylation is 2. The largest absolute Gasteiger partial charge is 0.391 e. The molecule has 0 aliphatic carbocycles. The van der Waals surface area contributed by atoms with Crippen LogP contribution in [0.25, 0.3) is 0 Å². The average molecular weight is 246 g/mol. The van der Waals surface area contributed by atoms with Gasteiger partial charge in [0.1, 0.15) is 6.61 Å². The highest BCUT2D eigenvalue weighted by atomic mass is 32.1. The monoisotopic (exact) mass is 246 g/mol. The van der Waals surface area contributed by atoms with Gasteiger partial charge in [-0.3, -0.25) is 0 Å². The molecular formula is C13H14N2OS. The minimum atomic E-state index is 0.482. The van der Waals surface area contributed by atoms with E-state index >= 15 is 0 Å². The summed E-state index contributed by atoms with van der Waals surface area (Å²) in [4.78, 5) is 9.15. The lowest BCUT2D eigenvalue weighted by atomic mass is 10.1. The van der Waals surface area contributed by atoms with Crippen LogP contribution in [0.5, 0.6) is 0 Å². The van der Waals surface area contributed by atoms with Crippen LogP contribution in [0.15, 0.2) is 40.3 Å². The van der Waals surface area contributed by atoms with Crippen molar-refractivity contribution in [2.24, 2.45) is 5.16 Å². The lowest BCUT2D eigenvalue weighted by Gasteiger charge is -2.02. The maximum atomic E-state index is 4.88. The van der Waals surface area contributed by atoms with E-state index in [9.17, 15) is 0 Å². The first kappa shape index (κ1) is 11.8. The fourth-order valence-corrected chi connectivity index (χ4v) is 2.15. The first-order valence-corrected chi connectivity index (χ1v) is 6.35. The Kier molecular flexibility index (Phi) is 4.27. The number of benzene rings is 1. The summed E-state index contributed by atoms with van der Waals surface area (Å²) in [6.45, 7) is 3.76. The molecule has 0 unspecified atom stereocenters. The lowest BCUT2D eigenvalue weighted by Crippen LogP contribution is -1.92. The van der Waals surface area contributed by atoms with Crippen LogP contribution in [0, 0.1) is 0 Å². The van der Waals surface area contributed by atoms with E-state index in [0.717, 1.165) is 18.4 Å². The first-order chi connectivity index (χ1) is 8.38. The van der Waals surface area contributed by atoms with Crippen molar-refractivity contribution in [2.45, 2.75) is 19.4 Å². The van der Waals surface area contributed by atoms with Crippen molar-refractivity contribution in [3.63, 3.8) is 0 Å². The molecule has 0 saturated carbocycles. The number of nitrogens with zero attached hydrogens (tertiary/aromatic N) is 2. The van der Waals surface area contributed by atoms with Crippen molar-refractivity contribution >= 4 is 18.1 Å². The number of hydrogen-bond acceptors (Lipinski definition) is 4. The number of rotatable bonds is 6. The molecule has 4 heteroatoms. The first-order valence-electron chi connectivity index (χ1n) is 5.41. The standard InChI is InChI=1S/C13H14N2OS/c1-14-16-8-12-4-2-11(3-5-12)6-7-13-9-17-10-15-13/h2-5,9-10H,1,6-8H2. The van der Waals surface area contributed by atoms with Crippen molar-refractivity contribution in [3.8, 4) is 0 Å². The van der Waals surface area contributed by atoms with Crippen LogP contribution in [0.1, 0.15) is 16.8 Å². The van der Waals surface area contributed by atoms with Crippen LogP contribution < -0.4 is 0 Å². The minimum absolute atomic E-state index is 0.482. The van der Waals surface area contributed by atoms with E-state index < -0.39 is 0 Å². The molecule has 0 saturated heterocycles. The Morgan fingerprint density at radius 1 is 1.18 bits per heavy atom. The van der Waals surface area contributed by atoms with E-state index in [-0.39, 0.29) is 0 Å². The second-order valence-corrected chi connectivity index (χ2v) is 4.42. The van der Waals surface area contributed by atoms with Crippen LogP contribution in [-0.2, 0) is 24.3 Å². The minimum Gasteiger partial charge on any atom is -0.391 e. The number of oxime groups is 1. The van der Waals surface area contributed by atoms with Crippen LogP contribution >= 0.6 is 11.3 Å². The molecule has 0 bridgehead atoms. The van der Waals surface area contributed by atoms with Gasteiger partial charge in [0.05, 0.1) is 11.2 Å². The zero-order chi connectivity index (χ0) is 11.9. The fourth-order valence-electron chi connectivity index (χ4n) is 1.56. The third-order valence-electron chi connectivity index (χ3n) is 2.50. The average Bonchev–Trinajstić information content (AvgIpc) is 2.88. The molecule has 1 aromatic heterocycles. The molecule has 0 N–H and O–H groups in total. The lowest BCUT2D eigenvalue weighted by molar-refractivity contribution is 0.133. The van der Waals surface area contributed by atoms with E-state index in [0.29, 0.717) is 6.61 Å². The maximum Gasteiger partial charge on any atom is 0.142 e.